The van der Waals surface area contributed by atoms with E-state index in [2.05, 4.69) is 11.9 Å². The Labute approximate surface area is 102 Å². The van der Waals surface area contributed by atoms with Crippen LogP contribution in [0.25, 0.3) is 0 Å². The summed E-state index contributed by atoms with van der Waals surface area (Å²) in [4.78, 5) is 22.8. The molecular weight excluding hydrogens is 222 g/mol. The maximum atomic E-state index is 11.6. The number of rotatable bonds is 5. The van der Waals surface area contributed by atoms with Crippen LogP contribution in [0.3, 0.4) is 0 Å². The summed E-state index contributed by atoms with van der Waals surface area (Å²) in [5.74, 6) is -1.09. The van der Waals surface area contributed by atoms with Gasteiger partial charge in [0, 0.05) is 0 Å². The van der Waals surface area contributed by atoms with Crippen molar-refractivity contribution in [2.45, 2.75) is 51.7 Å². The molecule has 1 atom stereocenters. The van der Waals surface area contributed by atoms with Crippen LogP contribution in [0.15, 0.2) is 12.7 Å². The molecular formula is C12H21NO4. The van der Waals surface area contributed by atoms with Gasteiger partial charge in [-0.1, -0.05) is 13.0 Å². The van der Waals surface area contributed by atoms with E-state index in [1.54, 1.807) is 27.7 Å². The number of aliphatic carboxylic acids is 1. The molecule has 0 radical (unpaired) electrons. The minimum absolute atomic E-state index is 0.151. The zero-order chi connectivity index (χ0) is 13.7. The molecule has 1 amide bonds. The maximum absolute atomic E-state index is 11.6. The molecule has 0 bridgehead atoms. The van der Waals surface area contributed by atoms with Crippen molar-refractivity contribution >= 4 is 12.1 Å². The highest BCUT2D eigenvalue weighted by Gasteiger charge is 2.38. The molecule has 0 saturated heterocycles. The average molecular weight is 243 g/mol. The first-order valence-electron chi connectivity index (χ1n) is 5.52. The molecule has 5 nitrogen and oxygen atoms in total. The molecule has 0 aromatic rings. The number of carbonyl (C=O) groups excluding carboxylic acids is 1. The summed E-state index contributed by atoms with van der Waals surface area (Å²) < 4.78 is 5.04. The van der Waals surface area contributed by atoms with Gasteiger partial charge in [-0.05, 0) is 33.6 Å². The molecule has 98 valence electrons. The number of hydrogen-bond acceptors (Lipinski definition) is 3. The van der Waals surface area contributed by atoms with E-state index in [1.165, 1.54) is 6.08 Å². The van der Waals surface area contributed by atoms with Crippen LogP contribution >= 0.6 is 0 Å². The SMILES string of the molecule is C=CCC(CC)(NC(=O)OC(C)(C)C)C(=O)O. The van der Waals surface area contributed by atoms with Crippen LogP contribution in [0.4, 0.5) is 4.79 Å². The molecule has 0 aliphatic carbocycles. The molecule has 0 heterocycles. The molecule has 0 aliphatic heterocycles. The minimum Gasteiger partial charge on any atom is -0.479 e. The van der Waals surface area contributed by atoms with Gasteiger partial charge in [-0.2, -0.15) is 0 Å². The van der Waals surface area contributed by atoms with E-state index in [9.17, 15) is 14.7 Å². The lowest BCUT2D eigenvalue weighted by Crippen LogP contribution is -2.54. The van der Waals surface area contributed by atoms with E-state index >= 15 is 0 Å². The second kappa shape index (κ2) is 5.70. The van der Waals surface area contributed by atoms with Crippen molar-refractivity contribution in [2.24, 2.45) is 0 Å². The van der Waals surface area contributed by atoms with Gasteiger partial charge in [0.15, 0.2) is 0 Å². The zero-order valence-corrected chi connectivity index (χ0v) is 10.9. The van der Waals surface area contributed by atoms with Crippen LogP contribution in [0.2, 0.25) is 0 Å². The van der Waals surface area contributed by atoms with Crippen molar-refractivity contribution in [3.8, 4) is 0 Å². The lowest BCUT2D eigenvalue weighted by Gasteiger charge is -2.29. The minimum atomic E-state index is -1.34. The zero-order valence-electron chi connectivity index (χ0n) is 10.9. The summed E-state index contributed by atoms with van der Waals surface area (Å²) in [6, 6.07) is 0. The van der Waals surface area contributed by atoms with Crippen LogP contribution in [-0.2, 0) is 9.53 Å². The molecule has 0 spiro atoms. The van der Waals surface area contributed by atoms with Gasteiger partial charge in [0.2, 0.25) is 0 Å². The molecule has 1 unspecified atom stereocenters. The van der Waals surface area contributed by atoms with Crippen molar-refractivity contribution in [1.29, 1.82) is 0 Å². The highest BCUT2D eigenvalue weighted by molar-refractivity contribution is 5.84. The third-order valence-corrected chi connectivity index (χ3v) is 2.25. The number of carboxylic acids is 1. The largest absolute Gasteiger partial charge is 0.479 e. The van der Waals surface area contributed by atoms with E-state index in [0.717, 1.165) is 0 Å². The molecule has 5 heteroatoms. The summed E-state index contributed by atoms with van der Waals surface area (Å²) in [5.41, 5.74) is -2.00. The molecule has 0 rings (SSSR count). The quantitative estimate of drug-likeness (QED) is 0.726. The molecule has 0 saturated carbocycles. The lowest BCUT2D eigenvalue weighted by molar-refractivity contribution is -0.145. The van der Waals surface area contributed by atoms with Gasteiger partial charge in [0.1, 0.15) is 11.1 Å². The number of alkyl carbamates (subject to hydrolysis) is 1. The van der Waals surface area contributed by atoms with E-state index in [1.807, 2.05) is 0 Å². The van der Waals surface area contributed by atoms with Gasteiger partial charge in [-0.25, -0.2) is 9.59 Å². The van der Waals surface area contributed by atoms with E-state index in [4.69, 9.17) is 4.74 Å². The highest BCUT2D eigenvalue weighted by Crippen LogP contribution is 2.18. The first-order chi connectivity index (χ1) is 7.67. The van der Waals surface area contributed by atoms with Crippen molar-refractivity contribution < 1.29 is 19.4 Å². The molecule has 0 aliphatic rings. The number of carboxylic acid groups (broad SMARTS) is 1. The van der Waals surface area contributed by atoms with Gasteiger partial charge in [0.25, 0.3) is 0 Å². The third kappa shape index (κ3) is 4.89. The van der Waals surface area contributed by atoms with E-state index < -0.39 is 23.2 Å². The fourth-order valence-electron chi connectivity index (χ4n) is 1.32. The standard InChI is InChI=1S/C12H21NO4/c1-6-8-12(7-2,9(14)15)13-10(16)17-11(3,4)5/h6H,1,7-8H2,2-5H3,(H,13,16)(H,14,15). The lowest BCUT2D eigenvalue weighted by atomic mass is 9.92. The fraction of sp³-hybridized carbons (Fsp3) is 0.667. The Hall–Kier alpha value is -1.52. The van der Waals surface area contributed by atoms with Crippen molar-refractivity contribution in [1.82, 2.24) is 5.32 Å². The highest BCUT2D eigenvalue weighted by atomic mass is 16.6. The number of ether oxygens (including phenoxy) is 1. The fourth-order valence-corrected chi connectivity index (χ4v) is 1.32. The van der Waals surface area contributed by atoms with Gasteiger partial charge in [-0.15, -0.1) is 6.58 Å². The van der Waals surface area contributed by atoms with Crippen molar-refractivity contribution in [3.05, 3.63) is 12.7 Å². The molecule has 0 aromatic carbocycles. The summed E-state index contributed by atoms with van der Waals surface area (Å²) >= 11 is 0. The summed E-state index contributed by atoms with van der Waals surface area (Å²) in [5, 5.41) is 11.6. The number of nitrogens with one attached hydrogen (secondary N) is 1. The predicted molar refractivity (Wildman–Crippen MR) is 64.8 cm³/mol. The Balaban J connectivity index is 4.81. The molecule has 0 fully saturated rings. The van der Waals surface area contributed by atoms with Gasteiger partial charge >= 0.3 is 12.1 Å². The Morgan fingerprint density at radius 3 is 2.24 bits per heavy atom. The predicted octanol–water partition coefficient (Wildman–Crippen LogP) is 2.32. The first-order valence-corrected chi connectivity index (χ1v) is 5.52. The summed E-state index contributed by atoms with van der Waals surface area (Å²) in [6.45, 7) is 10.3. The number of amides is 1. The van der Waals surface area contributed by atoms with Crippen LogP contribution in [0.1, 0.15) is 40.5 Å². The molecule has 17 heavy (non-hydrogen) atoms. The molecule has 0 aromatic heterocycles. The van der Waals surface area contributed by atoms with Gasteiger partial charge < -0.3 is 15.2 Å². The van der Waals surface area contributed by atoms with Gasteiger partial charge in [-0.3, -0.25) is 0 Å². The maximum Gasteiger partial charge on any atom is 0.408 e. The Kier molecular flexibility index (Phi) is 5.19. The van der Waals surface area contributed by atoms with E-state index in [-0.39, 0.29) is 12.8 Å². The monoisotopic (exact) mass is 243 g/mol. The Bertz CT molecular complexity index is 306. The third-order valence-electron chi connectivity index (χ3n) is 2.25. The molecule has 2 N–H and O–H groups in total. The van der Waals surface area contributed by atoms with Crippen molar-refractivity contribution in [3.63, 3.8) is 0 Å². The second-order valence-electron chi connectivity index (χ2n) is 4.86. The smallest absolute Gasteiger partial charge is 0.408 e. The van der Waals surface area contributed by atoms with Crippen LogP contribution in [-0.4, -0.2) is 28.3 Å². The van der Waals surface area contributed by atoms with Gasteiger partial charge in [0.05, 0.1) is 0 Å². The number of carbonyl (C=O) groups is 2. The van der Waals surface area contributed by atoms with Crippen LogP contribution in [0.5, 0.6) is 0 Å². The topological polar surface area (TPSA) is 75.6 Å². The van der Waals surface area contributed by atoms with Crippen LogP contribution in [0, 0.1) is 0 Å². The van der Waals surface area contributed by atoms with Crippen LogP contribution < -0.4 is 5.32 Å². The normalized spacial score (nSPS) is 14.6. The average Bonchev–Trinajstić information content (AvgIpc) is 2.13. The summed E-state index contributed by atoms with van der Waals surface area (Å²) in [6.07, 6.45) is 1.14. The summed E-state index contributed by atoms with van der Waals surface area (Å²) in [7, 11) is 0. The first kappa shape index (κ1) is 15.5. The number of hydrogen-bond donors (Lipinski definition) is 2. The Morgan fingerprint density at radius 1 is 1.41 bits per heavy atom. The second-order valence-corrected chi connectivity index (χ2v) is 4.86. The Morgan fingerprint density at radius 2 is 1.94 bits per heavy atom. The van der Waals surface area contributed by atoms with Crippen molar-refractivity contribution in [2.75, 3.05) is 0 Å². The van der Waals surface area contributed by atoms with E-state index in [0.29, 0.717) is 0 Å².